The number of hydrogen-bond donors (Lipinski definition) is 2. The molecular weight excluding hydrogens is 288 g/mol. The summed E-state index contributed by atoms with van der Waals surface area (Å²) in [5.41, 5.74) is 0.309. The van der Waals surface area contributed by atoms with Gasteiger partial charge in [-0.05, 0) is 51.4 Å². The van der Waals surface area contributed by atoms with Gasteiger partial charge in [0.1, 0.15) is 5.75 Å². The molecule has 1 amide bonds. The van der Waals surface area contributed by atoms with E-state index in [-0.39, 0.29) is 17.7 Å². The van der Waals surface area contributed by atoms with E-state index in [1.54, 1.807) is 12.1 Å². The maximum Gasteiger partial charge on any atom is 0.257 e. The molecule has 1 atom stereocenters. The predicted octanol–water partition coefficient (Wildman–Crippen LogP) is 3.04. The highest BCUT2D eigenvalue weighted by Gasteiger charge is 2.25. The molecule has 21 heavy (non-hydrogen) atoms. The SMILES string of the molecule is CC(C)N(CC1CCCCN1)C(=O)c1ccc(Cl)cc1O. The normalized spacial score (nSPS) is 18.8. The Kier molecular flexibility index (Phi) is 5.48. The third kappa shape index (κ3) is 4.11. The lowest BCUT2D eigenvalue weighted by molar-refractivity contribution is 0.0674. The summed E-state index contributed by atoms with van der Waals surface area (Å²) < 4.78 is 0. The van der Waals surface area contributed by atoms with Gasteiger partial charge in [-0.1, -0.05) is 18.0 Å². The summed E-state index contributed by atoms with van der Waals surface area (Å²) in [6, 6.07) is 5.04. The minimum atomic E-state index is -0.147. The number of amides is 1. The topological polar surface area (TPSA) is 52.6 Å². The molecule has 1 aliphatic heterocycles. The zero-order valence-corrected chi connectivity index (χ0v) is 13.4. The number of carbonyl (C=O) groups excluding carboxylic acids is 1. The summed E-state index contributed by atoms with van der Waals surface area (Å²) in [6.07, 6.45) is 3.48. The summed E-state index contributed by atoms with van der Waals surface area (Å²) in [6.45, 7) is 5.66. The molecule has 1 unspecified atom stereocenters. The molecule has 0 bridgehead atoms. The number of benzene rings is 1. The number of nitrogens with zero attached hydrogens (tertiary/aromatic N) is 1. The van der Waals surface area contributed by atoms with Crippen LogP contribution >= 0.6 is 11.6 Å². The minimum absolute atomic E-state index is 0.0604. The fourth-order valence-electron chi connectivity index (χ4n) is 2.69. The molecule has 4 nitrogen and oxygen atoms in total. The van der Waals surface area contributed by atoms with Gasteiger partial charge in [0.2, 0.25) is 0 Å². The van der Waals surface area contributed by atoms with Crippen LogP contribution < -0.4 is 5.32 Å². The van der Waals surface area contributed by atoms with Crippen LogP contribution in [0.1, 0.15) is 43.5 Å². The lowest BCUT2D eigenvalue weighted by atomic mass is 10.0. The number of phenolic OH excluding ortho intramolecular Hbond substituents is 1. The Hall–Kier alpha value is -1.26. The third-order valence-electron chi connectivity index (χ3n) is 3.90. The first-order valence-corrected chi connectivity index (χ1v) is 7.89. The molecule has 1 fully saturated rings. The van der Waals surface area contributed by atoms with Crippen molar-refractivity contribution < 1.29 is 9.90 Å². The van der Waals surface area contributed by atoms with E-state index in [4.69, 9.17) is 11.6 Å². The number of piperidine rings is 1. The Balaban J connectivity index is 2.14. The second kappa shape index (κ2) is 7.14. The molecule has 2 N–H and O–H groups in total. The maximum absolute atomic E-state index is 12.7. The molecule has 0 aliphatic carbocycles. The fourth-order valence-corrected chi connectivity index (χ4v) is 2.85. The second-order valence-corrected chi connectivity index (χ2v) is 6.30. The molecule has 0 spiro atoms. The van der Waals surface area contributed by atoms with Crippen LogP contribution in [0.25, 0.3) is 0 Å². The standard InChI is InChI=1S/C16H23ClN2O2/c1-11(2)19(10-13-5-3-4-8-18-13)16(21)14-7-6-12(17)9-15(14)20/h6-7,9,11,13,18,20H,3-5,8,10H2,1-2H3. The highest BCUT2D eigenvalue weighted by atomic mass is 35.5. The van der Waals surface area contributed by atoms with Crippen LogP contribution in [0.4, 0.5) is 0 Å². The number of hydrogen-bond acceptors (Lipinski definition) is 3. The van der Waals surface area contributed by atoms with Gasteiger partial charge in [-0.2, -0.15) is 0 Å². The Labute approximate surface area is 131 Å². The average Bonchev–Trinajstić information content (AvgIpc) is 2.45. The number of phenols is 1. The monoisotopic (exact) mass is 310 g/mol. The van der Waals surface area contributed by atoms with Gasteiger partial charge in [0, 0.05) is 23.7 Å². The van der Waals surface area contributed by atoms with Gasteiger partial charge in [-0.15, -0.1) is 0 Å². The van der Waals surface area contributed by atoms with Crippen molar-refractivity contribution in [1.29, 1.82) is 0 Å². The zero-order chi connectivity index (χ0) is 15.4. The Morgan fingerprint density at radius 2 is 2.24 bits per heavy atom. The van der Waals surface area contributed by atoms with Gasteiger partial charge in [0.25, 0.3) is 5.91 Å². The number of carbonyl (C=O) groups is 1. The molecular formula is C16H23ClN2O2. The van der Waals surface area contributed by atoms with Gasteiger partial charge < -0.3 is 15.3 Å². The Bertz CT molecular complexity index is 499. The van der Waals surface area contributed by atoms with Crippen LogP contribution in [0.5, 0.6) is 5.75 Å². The first-order chi connectivity index (χ1) is 9.99. The minimum Gasteiger partial charge on any atom is -0.507 e. The van der Waals surface area contributed by atoms with Crippen LogP contribution in [-0.4, -0.2) is 41.1 Å². The van der Waals surface area contributed by atoms with Crippen LogP contribution in [0.15, 0.2) is 18.2 Å². The van der Waals surface area contributed by atoms with Crippen LogP contribution in [0.2, 0.25) is 5.02 Å². The number of nitrogens with one attached hydrogen (secondary N) is 1. The number of halogens is 1. The summed E-state index contributed by atoms with van der Waals surface area (Å²) >= 11 is 5.82. The molecule has 1 aliphatic rings. The lowest BCUT2D eigenvalue weighted by Crippen LogP contribution is -2.48. The van der Waals surface area contributed by atoms with Gasteiger partial charge in [0.15, 0.2) is 0 Å². The summed E-state index contributed by atoms with van der Waals surface area (Å²) in [5.74, 6) is -0.207. The molecule has 116 valence electrons. The maximum atomic E-state index is 12.7. The molecule has 0 aromatic heterocycles. The molecule has 5 heteroatoms. The van der Waals surface area contributed by atoms with E-state index in [1.165, 1.54) is 18.9 Å². The van der Waals surface area contributed by atoms with Crippen LogP contribution in [0, 0.1) is 0 Å². The largest absolute Gasteiger partial charge is 0.507 e. The molecule has 2 rings (SSSR count). The quantitative estimate of drug-likeness (QED) is 0.898. The molecule has 0 saturated carbocycles. The first kappa shape index (κ1) is 16.1. The van der Waals surface area contributed by atoms with Crippen molar-refractivity contribution in [3.8, 4) is 5.75 Å². The highest BCUT2D eigenvalue weighted by molar-refractivity contribution is 6.30. The van der Waals surface area contributed by atoms with E-state index < -0.39 is 0 Å². The van der Waals surface area contributed by atoms with Crippen LogP contribution in [0.3, 0.4) is 0 Å². The molecule has 1 aromatic carbocycles. The Morgan fingerprint density at radius 1 is 1.48 bits per heavy atom. The van der Waals surface area contributed by atoms with Crippen molar-refractivity contribution in [2.45, 2.75) is 45.2 Å². The second-order valence-electron chi connectivity index (χ2n) is 5.86. The van der Waals surface area contributed by atoms with E-state index in [0.29, 0.717) is 23.2 Å². The van der Waals surface area contributed by atoms with Crippen molar-refractivity contribution in [2.24, 2.45) is 0 Å². The number of rotatable bonds is 4. The summed E-state index contributed by atoms with van der Waals surface area (Å²) in [5, 5.41) is 13.8. The van der Waals surface area contributed by atoms with Gasteiger partial charge >= 0.3 is 0 Å². The van der Waals surface area contributed by atoms with E-state index in [1.807, 2.05) is 18.7 Å². The van der Waals surface area contributed by atoms with Crippen molar-refractivity contribution >= 4 is 17.5 Å². The fraction of sp³-hybridized carbons (Fsp3) is 0.562. The smallest absolute Gasteiger partial charge is 0.257 e. The number of aromatic hydroxyl groups is 1. The first-order valence-electron chi connectivity index (χ1n) is 7.52. The highest BCUT2D eigenvalue weighted by Crippen LogP contribution is 2.24. The van der Waals surface area contributed by atoms with E-state index >= 15 is 0 Å². The van der Waals surface area contributed by atoms with Crippen molar-refractivity contribution in [3.05, 3.63) is 28.8 Å². The Morgan fingerprint density at radius 3 is 2.81 bits per heavy atom. The lowest BCUT2D eigenvalue weighted by Gasteiger charge is -2.33. The van der Waals surface area contributed by atoms with E-state index in [9.17, 15) is 9.90 Å². The van der Waals surface area contributed by atoms with E-state index in [2.05, 4.69) is 5.32 Å². The molecule has 0 radical (unpaired) electrons. The molecule has 1 heterocycles. The predicted molar refractivity (Wildman–Crippen MR) is 84.9 cm³/mol. The zero-order valence-electron chi connectivity index (χ0n) is 12.6. The van der Waals surface area contributed by atoms with Crippen molar-refractivity contribution in [1.82, 2.24) is 10.2 Å². The average molecular weight is 311 g/mol. The van der Waals surface area contributed by atoms with Gasteiger partial charge in [-0.25, -0.2) is 0 Å². The third-order valence-corrected chi connectivity index (χ3v) is 4.14. The summed E-state index contributed by atoms with van der Waals surface area (Å²) in [7, 11) is 0. The van der Waals surface area contributed by atoms with Crippen molar-refractivity contribution in [3.63, 3.8) is 0 Å². The van der Waals surface area contributed by atoms with Crippen molar-refractivity contribution in [2.75, 3.05) is 13.1 Å². The van der Waals surface area contributed by atoms with Crippen LogP contribution in [-0.2, 0) is 0 Å². The van der Waals surface area contributed by atoms with E-state index in [0.717, 1.165) is 13.0 Å². The molecule has 1 saturated heterocycles. The van der Waals surface area contributed by atoms with Gasteiger partial charge in [-0.3, -0.25) is 4.79 Å². The molecule has 1 aromatic rings. The summed E-state index contributed by atoms with van der Waals surface area (Å²) in [4.78, 5) is 14.5. The van der Waals surface area contributed by atoms with Gasteiger partial charge in [0.05, 0.1) is 5.56 Å².